The molecule has 1 unspecified atom stereocenters. The SMILES string of the molecule is CCCCN1N=CN(C(Cl)(Cl)C(Cl)(Cl)Cl)C1I. The van der Waals surface area contributed by atoms with Crippen LogP contribution in [0.4, 0.5) is 0 Å². The quantitative estimate of drug-likeness (QED) is 0.353. The first-order chi connectivity index (χ1) is 7.71. The van der Waals surface area contributed by atoms with Gasteiger partial charge < -0.3 is 0 Å². The smallest absolute Gasteiger partial charge is 0.241 e. The Kier molecular flexibility index (Phi) is 6.08. The van der Waals surface area contributed by atoms with Gasteiger partial charge in [-0.05, 0) is 29.0 Å². The largest absolute Gasteiger partial charge is 0.295 e. The molecule has 0 radical (unpaired) electrons. The molecule has 1 aliphatic heterocycles. The average Bonchev–Trinajstić information content (AvgIpc) is 2.55. The number of nitrogens with zero attached hydrogens (tertiary/aromatic N) is 3. The highest BCUT2D eigenvalue weighted by atomic mass is 127. The Morgan fingerprint density at radius 2 is 1.88 bits per heavy atom. The lowest BCUT2D eigenvalue weighted by molar-refractivity contribution is 0.196. The summed E-state index contributed by atoms with van der Waals surface area (Å²) in [6.45, 7) is 2.91. The second-order valence-corrected chi connectivity index (χ2v) is 8.19. The lowest BCUT2D eigenvalue weighted by Gasteiger charge is -2.38. The van der Waals surface area contributed by atoms with E-state index in [1.165, 1.54) is 11.2 Å². The number of hydrogen-bond acceptors (Lipinski definition) is 3. The monoisotopic (exact) mass is 451 g/mol. The van der Waals surface area contributed by atoms with Gasteiger partial charge in [-0.25, -0.2) is 0 Å². The first-order valence-electron chi connectivity index (χ1n) is 4.89. The third-order valence-electron chi connectivity index (χ3n) is 2.21. The maximum atomic E-state index is 6.09. The Balaban J connectivity index is 2.74. The molecule has 0 aromatic heterocycles. The first-order valence-corrected chi connectivity index (χ1v) is 8.03. The van der Waals surface area contributed by atoms with Crippen LogP contribution in [0.3, 0.4) is 0 Å². The first kappa shape index (κ1) is 16.5. The van der Waals surface area contributed by atoms with Crippen molar-refractivity contribution in [1.82, 2.24) is 9.91 Å². The number of unbranched alkanes of at least 4 members (excludes halogenated alkanes) is 1. The van der Waals surface area contributed by atoms with Gasteiger partial charge >= 0.3 is 0 Å². The molecule has 9 heteroatoms. The minimum Gasteiger partial charge on any atom is -0.295 e. The van der Waals surface area contributed by atoms with Crippen LogP contribution in [0.5, 0.6) is 0 Å². The highest BCUT2D eigenvalue weighted by Crippen LogP contribution is 2.49. The van der Waals surface area contributed by atoms with Gasteiger partial charge in [-0.3, -0.25) is 9.91 Å². The summed E-state index contributed by atoms with van der Waals surface area (Å²) in [5.41, 5.74) is 0. The van der Waals surface area contributed by atoms with Crippen LogP contribution in [0.1, 0.15) is 19.8 Å². The molecule has 0 saturated carbocycles. The highest BCUT2D eigenvalue weighted by Gasteiger charge is 2.53. The van der Waals surface area contributed by atoms with Crippen molar-refractivity contribution in [2.24, 2.45) is 5.10 Å². The Labute approximate surface area is 139 Å². The molecule has 17 heavy (non-hydrogen) atoms. The molecule has 0 bridgehead atoms. The fourth-order valence-electron chi connectivity index (χ4n) is 1.21. The van der Waals surface area contributed by atoms with E-state index in [4.69, 9.17) is 58.0 Å². The van der Waals surface area contributed by atoms with Crippen LogP contribution in [0.2, 0.25) is 0 Å². The van der Waals surface area contributed by atoms with Crippen LogP contribution < -0.4 is 0 Å². The Morgan fingerprint density at radius 1 is 1.29 bits per heavy atom. The lowest BCUT2D eigenvalue weighted by atomic mass is 10.3. The molecular weight excluding hydrogens is 442 g/mol. The van der Waals surface area contributed by atoms with Gasteiger partial charge in [-0.2, -0.15) is 5.10 Å². The van der Waals surface area contributed by atoms with E-state index in [1.807, 2.05) is 5.01 Å². The van der Waals surface area contributed by atoms with Crippen LogP contribution in [0.25, 0.3) is 0 Å². The van der Waals surface area contributed by atoms with Crippen LogP contribution in [0.15, 0.2) is 5.10 Å². The van der Waals surface area contributed by atoms with E-state index in [9.17, 15) is 0 Å². The summed E-state index contributed by atoms with van der Waals surface area (Å²) in [4.78, 5) is 1.51. The summed E-state index contributed by atoms with van der Waals surface area (Å²) in [5.74, 6) is 0. The Bertz CT molecular complexity index is 293. The summed E-state index contributed by atoms with van der Waals surface area (Å²) in [6, 6.07) is 0. The van der Waals surface area contributed by atoms with E-state index in [1.54, 1.807) is 0 Å². The molecule has 0 aliphatic carbocycles. The fraction of sp³-hybridized carbons (Fsp3) is 0.875. The molecule has 3 nitrogen and oxygen atoms in total. The lowest BCUT2D eigenvalue weighted by Crippen LogP contribution is -2.52. The fourth-order valence-corrected chi connectivity index (χ4v) is 3.09. The zero-order valence-corrected chi connectivity index (χ0v) is 14.8. The van der Waals surface area contributed by atoms with Gasteiger partial charge in [0.15, 0.2) is 4.17 Å². The molecule has 0 N–H and O–H groups in total. The van der Waals surface area contributed by atoms with Gasteiger partial charge in [0.2, 0.25) is 8.25 Å². The van der Waals surface area contributed by atoms with Crippen LogP contribution in [0, 0.1) is 0 Å². The molecule has 1 rings (SSSR count). The van der Waals surface area contributed by atoms with Crippen molar-refractivity contribution in [1.29, 1.82) is 0 Å². The van der Waals surface area contributed by atoms with Crippen molar-refractivity contribution in [2.75, 3.05) is 6.54 Å². The van der Waals surface area contributed by atoms with Crippen molar-refractivity contribution in [2.45, 2.75) is 32.2 Å². The van der Waals surface area contributed by atoms with Crippen LogP contribution in [-0.2, 0) is 0 Å². The second-order valence-electron chi connectivity index (χ2n) is 3.50. The van der Waals surface area contributed by atoms with Crippen molar-refractivity contribution < 1.29 is 0 Å². The number of halogens is 6. The normalized spacial score (nSPS) is 21.5. The van der Waals surface area contributed by atoms with Crippen LogP contribution >= 0.6 is 80.6 Å². The Morgan fingerprint density at radius 3 is 2.35 bits per heavy atom. The van der Waals surface area contributed by atoms with Crippen molar-refractivity contribution in [3.8, 4) is 0 Å². The number of hydrazone groups is 1. The van der Waals surface area contributed by atoms with Gasteiger partial charge in [0.25, 0.3) is 0 Å². The summed E-state index contributed by atoms with van der Waals surface area (Å²) in [6.07, 6.45) is 3.59. The molecule has 1 aliphatic rings. The van der Waals surface area contributed by atoms with E-state index in [2.05, 4.69) is 34.6 Å². The molecule has 100 valence electrons. The van der Waals surface area contributed by atoms with Crippen molar-refractivity contribution in [3.05, 3.63) is 0 Å². The summed E-state index contributed by atoms with van der Waals surface area (Å²) in [5, 5.41) is 6.04. The molecule has 0 fully saturated rings. The zero-order valence-electron chi connectivity index (χ0n) is 8.89. The maximum Gasteiger partial charge on any atom is 0.241 e. The van der Waals surface area contributed by atoms with E-state index in [0.29, 0.717) is 0 Å². The summed E-state index contributed by atoms with van der Waals surface area (Å²) >= 11 is 31.6. The third kappa shape index (κ3) is 3.72. The highest BCUT2D eigenvalue weighted by molar-refractivity contribution is 14.1. The average molecular weight is 453 g/mol. The van der Waals surface area contributed by atoms with Crippen molar-refractivity contribution in [3.63, 3.8) is 0 Å². The molecule has 0 aromatic carbocycles. The predicted molar refractivity (Wildman–Crippen MR) is 84.5 cm³/mol. The van der Waals surface area contributed by atoms with Gasteiger partial charge in [-0.1, -0.05) is 71.3 Å². The minimum absolute atomic E-state index is 0.176. The second kappa shape index (κ2) is 6.27. The van der Waals surface area contributed by atoms with Gasteiger partial charge in [0.05, 0.1) is 0 Å². The molecule has 0 aromatic rings. The molecular formula is C8H11Cl5IN3. The summed E-state index contributed by atoms with van der Waals surface area (Å²) < 4.78 is -3.66. The van der Waals surface area contributed by atoms with Gasteiger partial charge in [0.1, 0.15) is 6.34 Å². The van der Waals surface area contributed by atoms with E-state index in [-0.39, 0.29) is 4.17 Å². The number of rotatable bonds is 4. The van der Waals surface area contributed by atoms with E-state index in [0.717, 1.165) is 19.4 Å². The summed E-state index contributed by atoms with van der Waals surface area (Å²) in [7, 11) is 0. The third-order valence-corrected chi connectivity index (χ3v) is 5.81. The maximum absolute atomic E-state index is 6.09. The Hall–Kier alpha value is 1.45. The van der Waals surface area contributed by atoms with Crippen molar-refractivity contribution >= 4 is 86.9 Å². The predicted octanol–water partition coefficient (Wildman–Crippen LogP) is 4.57. The molecule has 0 amide bonds. The van der Waals surface area contributed by atoms with Gasteiger partial charge in [0, 0.05) is 6.54 Å². The van der Waals surface area contributed by atoms with Gasteiger partial charge in [-0.15, -0.1) is 0 Å². The van der Waals surface area contributed by atoms with Crippen LogP contribution in [-0.4, -0.2) is 35.2 Å². The van der Waals surface area contributed by atoms with E-state index < -0.39 is 8.25 Å². The molecule has 1 heterocycles. The number of hydrogen-bond donors (Lipinski definition) is 0. The molecule has 0 saturated heterocycles. The minimum atomic E-state index is -1.83. The standard InChI is InChI=1S/C8H11Cl5IN3/c1-2-3-4-17-6(14)16(5-15-17)8(12,13)7(9,10)11/h5-6H,2-4H2,1H3. The topological polar surface area (TPSA) is 18.8 Å². The zero-order chi connectivity index (χ0) is 13.3. The molecule has 1 atom stereocenters. The molecule has 0 spiro atoms. The van der Waals surface area contributed by atoms with E-state index >= 15 is 0 Å². The number of alkyl halides is 6.